The maximum absolute atomic E-state index is 2.35. The molecule has 0 aromatic heterocycles. The van der Waals surface area contributed by atoms with Crippen LogP contribution >= 0.6 is 0 Å². The third-order valence-corrected chi connectivity index (χ3v) is 2.63. The lowest BCUT2D eigenvalue weighted by atomic mass is 10.1. The third kappa shape index (κ3) is 5.06. The van der Waals surface area contributed by atoms with E-state index in [1.807, 2.05) is 0 Å². The monoisotopic (exact) mass is 190 g/mol. The quantitative estimate of drug-likeness (QED) is 0.506. The number of hydrogen-bond acceptors (Lipinski definition) is 0. The van der Waals surface area contributed by atoms with Gasteiger partial charge >= 0.3 is 0 Å². The summed E-state index contributed by atoms with van der Waals surface area (Å²) in [7, 11) is 0. The molecule has 0 saturated heterocycles. The van der Waals surface area contributed by atoms with Gasteiger partial charge in [-0.1, -0.05) is 69.4 Å². The fourth-order valence-electron chi connectivity index (χ4n) is 1.72. The van der Waals surface area contributed by atoms with Gasteiger partial charge in [0.25, 0.3) is 0 Å². The maximum atomic E-state index is 2.35. The fourth-order valence-corrected chi connectivity index (χ4v) is 1.72. The van der Waals surface area contributed by atoms with Crippen molar-refractivity contribution in [2.75, 3.05) is 0 Å². The van der Waals surface area contributed by atoms with Crippen LogP contribution in [0.1, 0.15) is 51.9 Å². The molecule has 0 bridgehead atoms. The zero-order valence-electron chi connectivity index (χ0n) is 9.34. The Labute approximate surface area is 88.4 Å². The fraction of sp³-hybridized carbons (Fsp3) is 0.571. The smallest absolute Gasteiger partial charge is 0.0297 e. The van der Waals surface area contributed by atoms with E-state index in [2.05, 4.69) is 37.3 Å². The molecule has 1 aliphatic rings. The highest BCUT2D eigenvalue weighted by atomic mass is 14.0. The van der Waals surface area contributed by atoms with Crippen LogP contribution in [0.5, 0.6) is 0 Å². The van der Waals surface area contributed by atoms with Gasteiger partial charge in [0.15, 0.2) is 0 Å². The number of unbranched alkanes of at least 4 members (excludes halogenated alkanes) is 6. The highest BCUT2D eigenvalue weighted by Gasteiger charge is 1.91. The highest BCUT2D eigenvalue weighted by Crippen LogP contribution is 2.11. The summed E-state index contributed by atoms with van der Waals surface area (Å²) < 4.78 is 0. The summed E-state index contributed by atoms with van der Waals surface area (Å²) in [4.78, 5) is 0. The van der Waals surface area contributed by atoms with E-state index in [0.717, 1.165) is 0 Å². The van der Waals surface area contributed by atoms with Crippen molar-refractivity contribution in [3.63, 3.8) is 0 Å². The first-order valence-electron chi connectivity index (χ1n) is 5.98. The molecule has 0 heteroatoms. The molecule has 0 N–H and O–H groups in total. The summed E-state index contributed by atoms with van der Waals surface area (Å²) in [5.41, 5.74) is 1.39. The third-order valence-electron chi connectivity index (χ3n) is 2.63. The zero-order chi connectivity index (χ0) is 10.1. The minimum Gasteiger partial charge on any atom is -0.0773 e. The van der Waals surface area contributed by atoms with Gasteiger partial charge in [-0.2, -0.15) is 0 Å². The minimum atomic E-state index is 1.25. The summed E-state index contributed by atoms with van der Waals surface area (Å²) in [5, 5.41) is 0. The molecule has 0 nitrogen and oxygen atoms in total. The molecule has 0 unspecified atom stereocenters. The van der Waals surface area contributed by atoms with E-state index in [-0.39, 0.29) is 0 Å². The summed E-state index contributed by atoms with van der Waals surface area (Å²) in [6.07, 6.45) is 20.5. The van der Waals surface area contributed by atoms with Gasteiger partial charge in [0.05, 0.1) is 0 Å². The second kappa shape index (κ2) is 7.61. The van der Waals surface area contributed by atoms with Gasteiger partial charge in [-0.15, -0.1) is 0 Å². The summed E-state index contributed by atoms with van der Waals surface area (Å²) >= 11 is 0. The van der Waals surface area contributed by atoms with Crippen LogP contribution in [0.25, 0.3) is 0 Å². The molecule has 0 aliphatic heterocycles. The number of hydrogen-bond donors (Lipinski definition) is 0. The molecular weight excluding hydrogens is 168 g/mol. The van der Waals surface area contributed by atoms with Crippen molar-refractivity contribution in [2.24, 2.45) is 0 Å². The SMILES string of the molecule is CCCCCCCCC=C1C=CC=C1. The molecule has 1 rings (SSSR count). The van der Waals surface area contributed by atoms with E-state index in [1.165, 1.54) is 50.5 Å². The Morgan fingerprint density at radius 3 is 2.29 bits per heavy atom. The topological polar surface area (TPSA) is 0 Å². The molecule has 0 fully saturated rings. The highest BCUT2D eigenvalue weighted by molar-refractivity contribution is 5.39. The molecule has 0 atom stereocenters. The Bertz CT molecular complexity index is 204. The molecule has 1 aliphatic carbocycles. The molecule has 0 saturated carbocycles. The maximum Gasteiger partial charge on any atom is -0.0297 e. The Hall–Kier alpha value is -0.780. The molecule has 0 radical (unpaired) electrons. The van der Waals surface area contributed by atoms with Crippen LogP contribution in [0.15, 0.2) is 36.0 Å². The lowest BCUT2D eigenvalue weighted by Gasteiger charge is -1.98. The second-order valence-corrected chi connectivity index (χ2v) is 3.98. The largest absolute Gasteiger partial charge is 0.0773 e. The van der Waals surface area contributed by atoms with E-state index in [9.17, 15) is 0 Å². The zero-order valence-corrected chi connectivity index (χ0v) is 9.34. The molecule has 0 amide bonds. The van der Waals surface area contributed by atoms with E-state index in [1.54, 1.807) is 0 Å². The van der Waals surface area contributed by atoms with Gasteiger partial charge in [-0.05, 0) is 18.4 Å². The Morgan fingerprint density at radius 2 is 1.57 bits per heavy atom. The van der Waals surface area contributed by atoms with Gasteiger partial charge in [0.2, 0.25) is 0 Å². The van der Waals surface area contributed by atoms with Crippen LogP contribution in [-0.4, -0.2) is 0 Å². The number of allylic oxidation sites excluding steroid dienone is 6. The van der Waals surface area contributed by atoms with Crippen LogP contribution in [0.4, 0.5) is 0 Å². The normalized spacial score (nSPS) is 13.9. The average molecular weight is 190 g/mol. The predicted octanol–water partition coefficient (Wildman–Crippen LogP) is 4.79. The lowest BCUT2D eigenvalue weighted by molar-refractivity contribution is 0.611. The van der Waals surface area contributed by atoms with Gasteiger partial charge in [-0.25, -0.2) is 0 Å². The minimum absolute atomic E-state index is 1.25. The van der Waals surface area contributed by atoms with E-state index >= 15 is 0 Å². The summed E-state index contributed by atoms with van der Waals surface area (Å²) in [6, 6.07) is 0. The molecule has 78 valence electrons. The van der Waals surface area contributed by atoms with Crippen molar-refractivity contribution >= 4 is 0 Å². The number of rotatable bonds is 7. The van der Waals surface area contributed by atoms with Crippen LogP contribution in [0.2, 0.25) is 0 Å². The Morgan fingerprint density at radius 1 is 0.929 bits per heavy atom. The Kier molecular flexibility index (Phi) is 6.14. The van der Waals surface area contributed by atoms with Crippen molar-refractivity contribution in [1.82, 2.24) is 0 Å². The van der Waals surface area contributed by atoms with Crippen LogP contribution in [0.3, 0.4) is 0 Å². The van der Waals surface area contributed by atoms with Gasteiger partial charge in [-0.3, -0.25) is 0 Å². The average Bonchev–Trinajstić information content (AvgIpc) is 2.69. The molecule has 0 heterocycles. The first-order chi connectivity index (χ1) is 6.93. The van der Waals surface area contributed by atoms with Crippen LogP contribution in [-0.2, 0) is 0 Å². The standard InChI is InChI=1S/C14H22/c1-2-3-4-5-6-7-8-11-14-12-9-10-13-14/h9-13H,2-8H2,1H3. The van der Waals surface area contributed by atoms with Gasteiger partial charge < -0.3 is 0 Å². The van der Waals surface area contributed by atoms with Gasteiger partial charge in [0.1, 0.15) is 0 Å². The lowest BCUT2D eigenvalue weighted by Crippen LogP contribution is -1.78. The molecule has 0 aromatic rings. The van der Waals surface area contributed by atoms with Crippen molar-refractivity contribution in [3.8, 4) is 0 Å². The molecule has 14 heavy (non-hydrogen) atoms. The first kappa shape index (κ1) is 11.3. The van der Waals surface area contributed by atoms with E-state index in [0.29, 0.717) is 0 Å². The van der Waals surface area contributed by atoms with Crippen molar-refractivity contribution in [3.05, 3.63) is 36.0 Å². The van der Waals surface area contributed by atoms with Crippen molar-refractivity contribution in [2.45, 2.75) is 51.9 Å². The summed E-state index contributed by atoms with van der Waals surface area (Å²) in [6.45, 7) is 2.27. The Balaban J connectivity index is 1.92. The van der Waals surface area contributed by atoms with Crippen LogP contribution < -0.4 is 0 Å². The molecular formula is C14H22. The van der Waals surface area contributed by atoms with Crippen molar-refractivity contribution < 1.29 is 0 Å². The molecule has 0 aromatic carbocycles. The predicted molar refractivity (Wildman–Crippen MR) is 64.4 cm³/mol. The van der Waals surface area contributed by atoms with Crippen molar-refractivity contribution in [1.29, 1.82) is 0 Å². The van der Waals surface area contributed by atoms with E-state index < -0.39 is 0 Å². The first-order valence-corrected chi connectivity index (χ1v) is 5.98. The second-order valence-electron chi connectivity index (χ2n) is 3.98. The summed E-state index contributed by atoms with van der Waals surface area (Å²) in [5.74, 6) is 0. The van der Waals surface area contributed by atoms with Crippen LogP contribution in [0, 0.1) is 0 Å². The van der Waals surface area contributed by atoms with E-state index in [4.69, 9.17) is 0 Å². The molecule has 0 spiro atoms. The van der Waals surface area contributed by atoms with Gasteiger partial charge in [0, 0.05) is 0 Å².